The molecular weight excluding hydrogens is 218 g/mol. The van der Waals surface area contributed by atoms with Crippen molar-refractivity contribution < 1.29 is 8.78 Å². The van der Waals surface area contributed by atoms with Gasteiger partial charge in [-0.25, -0.2) is 8.78 Å². The molecular formula is C15H18F2. The summed E-state index contributed by atoms with van der Waals surface area (Å²) in [6.07, 6.45) is 6.69. The molecule has 0 atom stereocenters. The Kier molecular flexibility index (Phi) is 3.60. The van der Waals surface area contributed by atoms with Crippen molar-refractivity contribution in [3.05, 3.63) is 47.0 Å². The van der Waals surface area contributed by atoms with Gasteiger partial charge in [-0.05, 0) is 31.2 Å². The van der Waals surface area contributed by atoms with Gasteiger partial charge in [0.25, 0.3) is 5.92 Å². The molecule has 1 aromatic rings. The molecule has 1 aliphatic rings. The van der Waals surface area contributed by atoms with E-state index in [0.717, 1.165) is 12.0 Å². The van der Waals surface area contributed by atoms with Crippen LogP contribution in [0.5, 0.6) is 0 Å². The van der Waals surface area contributed by atoms with E-state index in [2.05, 4.69) is 6.08 Å². The summed E-state index contributed by atoms with van der Waals surface area (Å²) < 4.78 is 26.8. The lowest BCUT2D eigenvalue weighted by molar-refractivity contribution is -0.00829. The number of hydrogen-bond donors (Lipinski definition) is 0. The highest BCUT2D eigenvalue weighted by molar-refractivity contribution is 5.28. The largest absolute Gasteiger partial charge is 0.273 e. The van der Waals surface area contributed by atoms with Crippen molar-refractivity contribution in [3.8, 4) is 0 Å². The van der Waals surface area contributed by atoms with E-state index in [4.69, 9.17) is 0 Å². The quantitative estimate of drug-likeness (QED) is 0.656. The van der Waals surface area contributed by atoms with Crippen molar-refractivity contribution in [2.45, 2.75) is 45.0 Å². The molecule has 0 amide bonds. The number of rotatable bonds is 4. The highest BCUT2D eigenvalue weighted by atomic mass is 19.3. The average Bonchev–Trinajstić information content (AvgIpc) is 2.28. The molecule has 0 N–H and O–H groups in total. The standard InChI is InChI=1S/C15H18F2/c1-2-15(16,17)14-10-8-13(9-11-14)7-6-12-4-3-5-12/h6,8-11H,2-5,7H2,1H3. The summed E-state index contributed by atoms with van der Waals surface area (Å²) in [5.41, 5.74) is 2.74. The number of allylic oxidation sites excluding steroid dienone is 2. The van der Waals surface area contributed by atoms with Crippen LogP contribution >= 0.6 is 0 Å². The normalized spacial score (nSPS) is 15.6. The van der Waals surface area contributed by atoms with Crippen LogP contribution in [0.15, 0.2) is 35.9 Å². The van der Waals surface area contributed by atoms with Gasteiger partial charge in [-0.1, -0.05) is 42.8 Å². The van der Waals surface area contributed by atoms with Crippen LogP contribution < -0.4 is 0 Å². The van der Waals surface area contributed by atoms with Gasteiger partial charge in [-0.3, -0.25) is 0 Å². The SMILES string of the molecule is CCC(F)(F)c1ccc(CC=C2CCC2)cc1. The van der Waals surface area contributed by atoms with Gasteiger partial charge >= 0.3 is 0 Å². The smallest absolute Gasteiger partial charge is 0.201 e. The van der Waals surface area contributed by atoms with E-state index in [1.807, 2.05) is 12.1 Å². The third-order valence-electron chi connectivity index (χ3n) is 3.44. The maximum atomic E-state index is 13.4. The minimum absolute atomic E-state index is 0.125. The van der Waals surface area contributed by atoms with E-state index < -0.39 is 5.92 Å². The van der Waals surface area contributed by atoms with Crippen molar-refractivity contribution >= 4 is 0 Å². The van der Waals surface area contributed by atoms with Crippen molar-refractivity contribution in [2.24, 2.45) is 0 Å². The Labute approximate surface area is 101 Å². The van der Waals surface area contributed by atoms with Gasteiger partial charge in [0.2, 0.25) is 0 Å². The lowest BCUT2D eigenvalue weighted by Crippen LogP contribution is -2.11. The molecule has 0 bridgehead atoms. The fourth-order valence-corrected chi connectivity index (χ4v) is 1.94. The molecule has 0 aromatic heterocycles. The molecule has 2 rings (SSSR count). The summed E-state index contributed by atoms with van der Waals surface area (Å²) in [6, 6.07) is 6.74. The lowest BCUT2D eigenvalue weighted by Gasteiger charge is -2.16. The van der Waals surface area contributed by atoms with Crippen LogP contribution in [0.1, 0.15) is 43.7 Å². The zero-order valence-corrected chi connectivity index (χ0v) is 10.2. The summed E-state index contributed by atoms with van der Waals surface area (Å²) in [4.78, 5) is 0. The van der Waals surface area contributed by atoms with Crippen LogP contribution in [0.4, 0.5) is 8.78 Å². The second kappa shape index (κ2) is 4.99. The number of hydrogen-bond acceptors (Lipinski definition) is 0. The second-order valence-corrected chi connectivity index (χ2v) is 4.67. The minimum atomic E-state index is -2.69. The molecule has 0 spiro atoms. The Balaban J connectivity index is 2.02. The Morgan fingerprint density at radius 1 is 1.18 bits per heavy atom. The highest BCUT2D eigenvalue weighted by Gasteiger charge is 2.28. The predicted octanol–water partition coefficient (Wildman–Crippen LogP) is 4.84. The van der Waals surface area contributed by atoms with Gasteiger partial charge in [0.1, 0.15) is 0 Å². The van der Waals surface area contributed by atoms with E-state index in [9.17, 15) is 8.78 Å². The van der Waals surface area contributed by atoms with Crippen LogP contribution in [0.3, 0.4) is 0 Å². The molecule has 1 aliphatic carbocycles. The molecule has 0 nitrogen and oxygen atoms in total. The Morgan fingerprint density at radius 3 is 2.29 bits per heavy atom. The van der Waals surface area contributed by atoms with Gasteiger partial charge in [-0.15, -0.1) is 0 Å². The first kappa shape index (κ1) is 12.3. The van der Waals surface area contributed by atoms with E-state index >= 15 is 0 Å². The van der Waals surface area contributed by atoms with Crippen molar-refractivity contribution in [2.75, 3.05) is 0 Å². The van der Waals surface area contributed by atoms with Gasteiger partial charge in [0.15, 0.2) is 0 Å². The van der Waals surface area contributed by atoms with Crippen LogP contribution in [0.2, 0.25) is 0 Å². The van der Waals surface area contributed by atoms with Crippen LogP contribution in [-0.4, -0.2) is 0 Å². The number of benzene rings is 1. The fourth-order valence-electron chi connectivity index (χ4n) is 1.94. The molecule has 0 saturated heterocycles. The molecule has 0 aliphatic heterocycles. The molecule has 0 heterocycles. The molecule has 2 heteroatoms. The van der Waals surface area contributed by atoms with E-state index in [0.29, 0.717) is 0 Å². The first-order valence-electron chi connectivity index (χ1n) is 6.27. The van der Waals surface area contributed by atoms with Gasteiger partial charge in [-0.2, -0.15) is 0 Å². The summed E-state index contributed by atoms with van der Waals surface area (Å²) >= 11 is 0. The summed E-state index contributed by atoms with van der Waals surface area (Å²) in [6.45, 7) is 1.51. The van der Waals surface area contributed by atoms with E-state index in [1.54, 1.807) is 12.1 Å². The number of halogens is 2. The van der Waals surface area contributed by atoms with Crippen LogP contribution in [0, 0.1) is 0 Å². The first-order valence-corrected chi connectivity index (χ1v) is 6.27. The molecule has 0 unspecified atom stereocenters. The van der Waals surface area contributed by atoms with Gasteiger partial charge in [0.05, 0.1) is 0 Å². The molecule has 1 saturated carbocycles. The zero-order valence-electron chi connectivity index (χ0n) is 10.2. The van der Waals surface area contributed by atoms with Crippen molar-refractivity contribution in [3.63, 3.8) is 0 Å². The third-order valence-corrected chi connectivity index (χ3v) is 3.44. The van der Waals surface area contributed by atoms with E-state index in [-0.39, 0.29) is 12.0 Å². The Bertz CT molecular complexity index is 395. The third kappa shape index (κ3) is 2.93. The minimum Gasteiger partial charge on any atom is -0.201 e. The predicted molar refractivity (Wildman–Crippen MR) is 66.3 cm³/mol. The molecule has 17 heavy (non-hydrogen) atoms. The number of alkyl halides is 2. The molecule has 92 valence electrons. The lowest BCUT2D eigenvalue weighted by atomic mass is 9.91. The summed E-state index contributed by atoms with van der Waals surface area (Å²) in [5, 5.41) is 0. The summed E-state index contributed by atoms with van der Waals surface area (Å²) in [5.74, 6) is -2.69. The second-order valence-electron chi connectivity index (χ2n) is 4.67. The van der Waals surface area contributed by atoms with Crippen LogP contribution in [-0.2, 0) is 12.3 Å². The Hall–Kier alpha value is -1.18. The van der Waals surface area contributed by atoms with E-state index in [1.165, 1.54) is 31.8 Å². The topological polar surface area (TPSA) is 0 Å². The summed E-state index contributed by atoms with van der Waals surface area (Å²) in [7, 11) is 0. The molecule has 1 fully saturated rings. The average molecular weight is 236 g/mol. The zero-order chi connectivity index (χ0) is 12.3. The molecule has 0 radical (unpaired) electrons. The van der Waals surface area contributed by atoms with Crippen LogP contribution in [0.25, 0.3) is 0 Å². The maximum Gasteiger partial charge on any atom is 0.273 e. The van der Waals surface area contributed by atoms with Gasteiger partial charge in [0, 0.05) is 12.0 Å². The first-order chi connectivity index (χ1) is 8.12. The fraction of sp³-hybridized carbons (Fsp3) is 0.467. The Morgan fingerprint density at radius 2 is 1.82 bits per heavy atom. The van der Waals surface area contributed by atoms with Crippen molar-refractivity contribution in [1.29, 1.82) is 0 Å². The highest BCUT2D eigenvalue weighted by Crippen LogP contribution is 2.31. The van der Waals surface area contributed by atoms with Gasteiger partial charge < -0.3 is 0 Å². The van der Waals surface area contributed by atoms with Crippen molar-refractivity contribution in [1.82, 2.24) is 0 Å². The monoisotopic (exact) mass is 236 g/mol. The molecule has 1 aromatic carbocycles. The maximum absolute atomic E-state index is 13.4.